The molecule has 0 aliphatic heterocycles. The van der Waals surface area contributed by atoms with Gasteiger partial charge in [-0.2, -0.15) is 4.52 Å². The fourth-order valence-corrected chi connectivity index (χ4v) is 4.26. The monoisotopic (exact) mass is 491 g/mol. The van der Waals surface area contributed by atoms with Crippen molar-refractivity contribution in [2.24, 2.45) is 0 Å². The summed E-state index contributed by atoms with van der Waals surface area (Å²) in [6.07, 6.45) is 3.23. The van der Waals surface area contributed by atoms with Gasteiger partial charge in [0.25, 0.3) is 5.91 Å². The van der Waals surface area contributed by atoms with Gasteiger partial charge in [-0.1, -0.05) is 6.07 Å². The average Bonchev–Trinajstić information content (AvgIpc) is 3.67. The number of fused-ring (bicyclic) bond motifs is 1. The van der Waals surface area contributed by atoms with Crippen molar-refractivity contribution in [2.45, 2.75) is 6.54 Å². The molecule has 4 heterocycles. The number of carbonyl (C=O) groups is 1. The first kappa shape index (κ1) is 22.3. The van der Waals surface area contributed by atoms with Gasteiger partial charge in [0.2, 0.25) is 11.8 Å². The number of ether oxygens (including phenoxy) is 2. The predicted molar refractivity (Wildman–Crippen MR) is 130 cm³/mol. The van der Waals surface area contributed by atoms with Gasteiger partial charge in [-0.3, -0.25) is 4.79 Å². The zero-order valence-corrected chi connectivity index (χ0v) is 19.9. The Balaban J connectivity index is 1.53. The van der Waals surface area contributed by atoms with Gasteiger partial charge in [-0.25, -0.2) is 15.0 Å². The van der Waals surface area contributed by atoms with Crippen molar-refractivity contribution in [2.75, 3.05) is 26.6 Å². The van der Waals surface area contributed by atoms with E-state index in [0.717, 1.165) is 5.56 Å². The molecule has 0 radical (unpaired) electrons. The largest absolute Gasteiger partial charge is 0.493 e. The van der Waals surface area contributed by atoms with E-state index in [1.165, 1.54) is 11.3 Å². The Morgan fingerprint density at radius 1 is 1.17 bits per heavy atom. The lowest BCUT2D eigenvalue weighted by Gasteiger charge is -2.11. The molecule has 2 N–H and O–H groups in total. The summed E-state index contributed by atoms with van der Waals surface area (Å²) in [5, 5.41) is 12.8. The molecular weight excluding hydrogens is 470 g/mol. The van der Waals surface area contributed by atoms with E-state index in [4.69, 9.17) is 13.9 Å². The van der Waals surface area contributed by atoms with Crippen molar-refractivity contribution in [3.05, 3.63) is 59.4 Å². The van der Waals surface area contributed by atoms with Gasteiger partial charge in [0, 0.05) is 25.2 Å². The average molecular weight is 492 g/mol. The van der Waals surface area contributed by atoms with Crippen LogP contribution in [0.5, 0.6) is 11.5 Å². The molecular formula is C23H21N7O4S. The maximum absolute atomic E-state index is 12.0. The molecule has 0 atom stereocenters. The number of amides is 1. The number of nitrogens with zero attached hydrogens (tertiary/aromatic N) is 5. The molecule has 0 aliphatic carbocycles. The molecule has 5 rings (SSSR count). The lowest BCUT2D eigenvalue weighted by atomic mass is 10.2. The third-order valence-corrected chi connectivity index (χ3v) is 6.07. The molecule has 178 valence electrons. The van der Waals surface area contributed by atoms with Crippen LogP contribution in [0.4, 0.5) is 5.95 Å². The predicted octanol–water partition coefficient (Wildman–Crippen LogP) is 3.50. The molecule has 11 nitrogen and oxygen atoms in total. The van der Waals surface area contributed by atoms with Crippen LogP contribution in [0.15, 0.2) is 52.6 Å². The van der Waals surface area contributed by atoms with E-state index in [2.05, 4.69) is 30.7 Å². The fraction of sp³-hybridized carbons (Fsp3) is 0.174. The van der Waals surface area contributed by atoms with Crippen LogP contribution >= 0.6 is 11.3 Å². The summed E-state index contributed by atoms with van der Waals surface area (Å²) < 4.78 is 17.8. The van der Waals surface area contributed by atoms with Gasteiger partial charge >= 0.3 is 0 Å². The third-order valence-electron chi connectivity index (χ3n) is 5.20. The Labute approximate surface area is 203 Å². The number of hydrogen-bond acceptors (Lipinski definition) is 10. The van der Waals surface area contributed by atoms with Crippen LogP contribution < -0.4 is 20.1 Å². The van der Waals surface area contributed by atoms with Crippen molar-refractivity contribution in [1.82, 2.24) is 29.9 Å². The second-order valence-corrected chi connectivity index (χ2v) is 8.16. The molecule has 0 unspecified atom stereocenters. The number of carbonyl (C=O) groups excluding carboxylic acids is 1. The maximum atomic E-state index is 12.0. The first-order valence-electron chi connectivity index (χ1n) is 10.5. The van der Waals surface area contributed by atoms with E-state index in [9.17, 15) is 4.79 Å². The summed E-state index contributed by atoms with van der Waals surface area (Å²) in [4.78, 5) is 25.7. The summed E-state index contributed by atoms with van der Waals surface area (Å²) in [5.74, 6) is 2.43. The van der Waals surface area contributed by atoms with Crippen LogP contribution in [0.25, 0.3) is 27.8 Å². The number of methoxy groups -OCH3 is 2. The minimum atomic E-state index is -0.262. The van der Waals surface area contributed by atoms with Gasteiger partial charge in [-0.05, 0) is 29.8 Å². The normalized spacial score (nSPS) is 10.9. The number of anilines is 1. The van der Waals surface area contributed by atoms with Gasteiger partial charge < -0.3 is 24.5 Å². The number of rotatable bonds is 8. The van der Waals surface area contributed by atoms with Gasteiger partial charge in [0.1, 0.15) is 10.7 Å². The zero-order valence-electron chi connectivity index (χ0n) is 19.1. The number of aromatic nitrogens is 5. The number of benzene rings is 1. The minimum Gasteiger partial charge on any atom is -0.493 e. The highest BCUT2D eigenvalue weighted by Gasteiger charge is 2.20. The molecule has 4 aromatic heterocycles. The van der Waals surface area contributed by atoms with Crippen molar-refractivity contribution in [3.63, 3.8) is 0 Å². The topological polar surface area (TPSA) is 129 Å². The zero-order chi connectivity index (χ0) is 24.4. The minimum absolute atomic E-state index is 0.262. The van der Waals surface area contributed by atoms with E-state index in [1.54, 1.807) is 55.8 Å². The highest BCUT2D eigenvalue weighted by molar-refractivity contribution is 7.13. The van der Waals surface area contributed by atoms with Crippen LogP contribution in [0.2, 0.25) is 0 Å². The summed E-state index contributed by atoms with van der Waals surface area (Å²) in [5.41, 5.74) is 2.46. The smallest absolute Gasteiger partial charge is 0.270 e. The van der Waals surface area contributed by atoms with Gasteiger partial charge in [0.15, 0.2) is 22.9 Å². The van der Waals surface area contributed by atoms with E-state index in [-0.39, 0.29) is 5.91 Å². The van der Waals surface area contributed by atoms with Crippen molar-refractivity contribution in [3.8, 4) is 33.7 Å². The lowest BCUT2D eigenvalue weighted by Crippen LogP contribution is -2.17. The van der Waals surface area contributed by atoms with Crippen molar-refractivity contribution < 1.29 is 18.7 Å². The molecule has 0 spiro atoms. The number of furan rings is 1. The first-order chi connectivity index (χ1) is 17.1. The molecule has 0 saturated heterocycles. The summed E-state index contributed by atoms with van der Waals surface area (Å²) >= 11 is 1.33. The van der Waals surface area contributed by atoms with Gasteiger partial charge in [0.05, 0.1) is 26.0 Å². The van der Waals surface area contributed by atoms with Crippen molar-refractivity contribution in [1.29, 1.82) is 0 Å². The fourth-order valence-electron chi connectivity index (χ4n) is 3.46. The number of nitrogens with one attached hydrogen (secondary N) is 2. The Kier molecular flexibility index (Phi) is 6.02. The Morgan fingerprint density at radius 3 is 2.77 bits per heavy atom. The highest BCUT2D eigenvalue weighted by atomic mass is 32.1. The summed E-state index contributed by atoms with van der Waals surface area (Å²) in [6.45, 7) is 0.454. The van der Waals surface area contributed by atoms with E-state index < -0.39 is 0 Å². The quantitative estimate of drug-likeness (QED) is 0.335. The molecule has 35 heavy (non-hydrogen) atoms. The molecule has 0 bridgehead atoms. The number of thiazole rings is 1. The Bertz CT molecular complexity index is 1490. The van der Waals surface area contributed by atoms with E-state index in [1.807, 2.05) is 18.2 Å². The van der Waals surface area contributed by atoms with Crippen LogP contribution in [-0.4, -0.2) is 51.7 Å². The van der Waals surface area contributed by atoms with Crippen LogP contribution in [0.1, 0.15) is 16.1 Å². The molecule has 0 aliphatic rings. The Morgan fingerprint density at radius 2 is 2.03 bits per heavy atom. The molecule has 0 saturated carbocycles. The van der Waals surface area contributed by atoms with Gasteiger partial charge in [-0.15, -0.1) is 16.4 Å². The molecule has 5 aromatic rings. The van der Waals surface area contributed by atoms with Crippen LogP contribution in [-0.2, 0) is 6.54 Å². The molecule has 0 fully saturated rings. The van der Waals surface area contributed by atoms with Crippen LogP contribution in [0, 0.1) is 0 Å². The van der Waals surface area contributed by atoms with E-state index >= 15 is 0 Å². The lowest BCUT2D eigenvalue weighted by molar-refractivity contribution is 0.0959. The standard InChI is InChI=1S/C23H21N7O4S/c1-24-21(31)15-12-35-22(27-15)14-11-26-23(25-10-13-6-7-16(32-2)18(9-13)33-3)30-20(14)28-19(29-30)17-5-4-8-34-17/h4-9,11-12H,10H2,1-3H3,(H,24,31)(H,25,26). The SMILES string of the molecule is CNC(=O)c1csc(-c2cnc(NCc3ccc(OC)c(OC)c3)n3nc(-c4ccco4)nc23)n1. The molecule has 12 heteroatoms. The third kappa shape index (κ3) is 4.26. The molecule has 1 aromatic carbocycles. The number of hydrogen-bond donors (Lipinski definition) is 2. The second kappa shape index (κ2) is 9.43. The van der Waals surface area contributed by atoms with Crippen molar-refractivity contribution >= 4 is 28.8 Å². The Hall–Kier alpha value is -4.45. The van der Waals surface area contributed by atoms with Crippen LogP contribution in [0.3, 0.4) is 0 Å². The molecule has 1 amide bonds. The second-order valence-electron chi connectivity index (χ2n) is 7.30. The van der Waals surface area contributed by atoms with E-state index in [0.29, 0.717) is 57.5 Å². The highest BCUT2D eigenvalue weighted by Crippen LogP contribution is 2.31. The summed E-state index contributed by atoms with van der Waals surface area (Å²) in [6, 6.07) is 9.23. The maximum Gasteiger partial charge on any atom is 0.270 e. The summed E-state index contributed by atoms with van der Waals surface area (Å²) in [7, 11) is 4.76. The first-order valence-corrected chi connectivity index (χ1v) is 11.4.